The number of aromatic nitrogens is 2. The Kier molecular flexibility index (Phi) is 4.91. The van der Waals surface area contributed by atoms with Gasteiger partial charge in [0.05, 0.1) is 12.8 Å². The maximum atomic E-state index is 11.5. The molecular formula is C9H12Cl2N2O2. The smallest absolute Gasteiger partial charge is 0.289 e. The van der Waals surface area contributed by atoms with Crippen LogP contribution in [0.2, 0.25) is 5.02 Å². The zero-order valence-electron chi connectivity index (χ0n) is 8.37. The van der Waals surface area contributed by atoms with Crippen molar-refractivity contribution < 1.29 is 4.74 Å². The summed E-state index contributed by atoms with van der Waals surface area (Å²) in [5.41, 5.74) is -0.331. The van der Waals surface area contributed by atoms with E-state index in [0.29, 0.717) is 31.2 Å². The van der Waals surface area contributed by atoms with E-state index in [-0.39, 0.29) is 10.6 Å². The van der Waals surface area contributed by atoms with Gasteiger partial charge in [0, 0.05) is 12.4 Å². The average molecular weight is 251 g/mol. The van der Waals surface area contributed by atoms with E-state index in [1.165, 1.54) is 10.9 Å². The van der Waals surface area contributed by atoms with Crippen molar-refractivity contribution in [3.63, 3.8) is 0 Å². The fourth-order valence-electron chi connectivity index (χ4n) is 1.01. The summed E-state index contributed by atoms with van der Waals surface area (Å²) in [5.74, 6) is 0.827. The predicted molar refractivity (Wildman–Crippen MR) is 60.0 cm³/mol. The van der Waals surface area contributed by atoms with E-state index in [4.69, 9.17) is 27.9 Å². The van der Waals surface area contributed by atoms with Crippen molar-refractivity contribution in [3.8, 4) is 5.75 Å². The number of rotatable bonds is 5. The fraction of sp³-hybridized carbons (Fsp3) is 0.556. The number of hydrogen-bond donors (Lipinski definition) is 0. The van der Waals surface area contributed by atoms with Crippen LogP contribution in [-0.2, 0) is 6.54 Å². The van der Waals surface area contributed by atoms with Crippen molar-refractivity contribution >= 4 is 23.2 Å². The molecule has 0 radical (unpaired) electrons. The van der Waals surface area contributed by atoms with E-state index in [0.717, 1.165) is 0 Å². The molecule has 0 N–H and O–H groups in total. The number of hydrogen-bond acceptors (Lipinski definition) is 3. The van der Waals surface area contributed by atoms with Crippen molar-refractivity contribution in [2.75, 3.05) is 12.5 Å². The molecule has 1 aromatic heterocycles. The molecular weight excluding hydrogens is 239 g/mol. The summed E-state index contributed by atoms with van der Waals surface area (Å²) < 4.78 is 6.54. The van der Waals surface area contributed by atoms with Gasteiger partial charge in [-0.25, -0.2) is 4.68 Å². The van der Waals surface area contributed by atoms with E-state index in [9.17, 15) is 4.79 Å². The molecule has 1 heterocycles. The lowest BCUT2D eigenvalue weighted by atomic mass is 10.5. The Hall–Kier alpha value is -0.740. The number of ether oxygens (including phenoxy) is 1. The Bertz CT molecular complexity index is 379. The standard InChI is InChI=1S/C9H12Cl2N2O2/c1-2-13-9(14)8(11)7(6-12-13)15-5-3-4-10/h6H,2-5H2,1H3. The van der Waals surface area contributed by atoms with Gasteiger partial charge in [-0.05, 0) is 13.3 Å². The van der Waals surface area contributed by atoms with Gasteiger partial charge < -0.3 is 4.74 Å². The molecule has 0 aliphatic carbocycles. The summed E-state index contributed by atoms with van der Waals surface area (Å²) in [7, 11) is 0. The number of aryl methyl sites for hydroxylation is 1. The highest BCUT2D eigenvalue weighted by atomic mass is 35.5. The Morgan fingerprint density at radius 1 is 1.60 bits per heavy atom. The van der Waals surface area contributed by atoms with Crippen LogP contribution in [0.1, 0.15) is 13.3 Å². The first-order chi connectivity index (χ1) is 7.20. The Morgan fingerprint density at radius 3 is 2.93 bits per heavy atom. The SMILES string of the molecule is CCn1ncc(OCCCCl)c(Cl)c1=O. The third kappa shape index (κ3) is 3.11. The lowest BCUT2D eigenvalue weighted by Crippen LogP contribution is -2.22. The number of alkyl halides is 1. The van der Waals surface area contributed by atoms with Gasteiger partial charge in [0.1, 0.15) is 0 Å². The third-order valence-electron chi connectivity index (χ3n) is 1.79. The van der Waals surface area contributed by atoms with E-state index >= 15 is 0 Å². The molecule has 0 aromatic carbocycles. The Morgan fingerprint density at radius 2 is 2.33 bits per heavy atom. The normalized spacial score (nSPS) is 10.3. The minimum Gasteiger partial charge on any atom is -0.490 e. The molecule has 1 rings (SSSR count). The molecule has 0 fully saturated rings. The van der Waals surface area contributed by atoms with Crippen molar-refractivity contribution in [2.24, 2.45) is 0 Å². The molecule has 0 bridgehead atoms. The van der Waals surface area contributed by atoms with Gasteiger partial charge in [-0.15, -0.1) is 11.6 Å². The minimum atomic E-state index is -0.331. The highest BCUT2D eigenvalue weighted by Gasteiger charge is 2.08. The average Bonchev–Trinajstić information content (AvgIpc) is 2.25. The molecule has 1 aromatic rings. The maximum absolute atomic E-state index is 11.5. The van der Waals surface area contributed by atoms with Crippen LogP contribution in [0.5, 0.6) is 5.75 Å². The molecule has 84 valence electrons. The van der Waals surface area contributed by atoms with Crippen LogP contribution >= 0.6 is 23.2 Å². The van der Waals surface area contributed by atoms with Crippen molar-refractivity contribution in [2.45, 2.75) is 19.9 Å². The minimum absolute atomic E-state index is 0.0708. The van der Waals surface area contributed by atoms with Gasteiger partial charge in [0.25, 0.3) is 5.56 Å². The zero-order chi connectivity index (χ0) is 11.3. The molecule has 0 saturated heterocycles. The quantitative estimate of drug-likeness (QED) is 0.593. The van der Waals surface area contributed by atoms with Crippen LogP contribution in [0.3, 0.4) is 0 Å². The lowest BCUT2D eigenvalue weighted by Gasteiger charge is -2.07. The van der Waals surface area contributed by atoms with Gasteiger partial charge >= 0.3 is 0 Å². The van der Waals surface area contributed by atoms with Gasteiger partial charge in [0.15, 0.2) is 10.8 Å². The molecule has 0 unspecified atom stereocenters. The maximum Gasteiger partial charge on any atom is 0.289 e. The second kappa shape index (κ2) is 5.98. The van der Waals surface area contributed by atoms with E-state index in [1.54, 1.807) is 0 Å². The number of halogens is 2. The van der Waals surface area contributed by atoms with Crippen LogP contribution in [0.4, 0.5) is 0 Å². The van der Waals surface area contributed by atoms with E-state index < -0.39 is 0 Å². The first-order valence-electron chi connectivity index (χ1n) is 4.65. The topological polar surface area (TPSA) is 44.1 Å². The first-order valence-corrected chi connectivity index (χ1v) is 5.56. The second-order valence-corrected chi connectivity index (χ2v) is 3.59. The summed E-state index contributed by atoms with van der Waals surface area (Å²) in [5, 5.41) is 3.97. The zero-order valence-corrected chi connectivity index (χ0v) is 9.88. The largest absolute Gasteiger partial charge is 0.490 e. The highest BCUT2D eigenvalue weighted by Crippen LogP contribution is 2.18. The van der Waals surface area contributed by atoms with Crippen LogP contribution in [0, 0.1) is 0 Å². The van der Waals surface area contributed by atoms with E-state index in [1.807, 2.05) is 6.92 Å². The van der Waals surface area contributed by atoms with Gasteiger partial charge in [-0.3, -0.25) is 4.79 Å². The second-order valence-electron chi connectivity index (χ2n) is 2.83. The number of nitrogens with zero attached hydrogens (tertiary/aromatic N) is 2. The van der Waals surface area contributed by atoms with Crippen molar-refractivity contribution in [3.05, 3.63) is 21.6 Å². The van der Waals surface area contributed by atoms with Gasteiger partial charge in [-0.2, -0.15) is 5.10 Å². The van der Waals surface area contributed by atoms with Gasteiger partial charge in [0.2, 0.25) is 0 Å². The third-order valence-corrected chi connectivity index (χ3v) is 2.40. The molecule has 15 heavy (non-hydrogen) atoms. The predicted octanol–water partition coefficient (Wildman–Crippen LogP) is 1.92. The highest BCUT2D eigenvalue weighted by molar-refractivity contribution is 6.31. The van der Waals surface area contributed by atoms with Crippen LogP contribution in [-0.4, -0.2) is 22.3 Å². The molecule has 4 nitrogen and oxygen atoms in total. The summed E-state index contributed by atoms with van der Waals surface area (Å²) in [6.45, 7) is 2.74. The summed E-state index contributed by atoms with van der Waals surface area (Å²) in [6, 6.07) is 0. The van der Waals surface area contributed by atoms with Crippen molar-refractivity contribution in [1.29, 1.82) is 0 Å². The molecule has 0 saturated carbocycles. The molecule has 0 atom stereocenters. The Balaban J connectivity index is 2.82. The Labute approximate surface area is 97.8 Å². The molecule has 0 spiro atoms. The van der Waals surface area contributed by atoms with Crippen LogP contribution in [0.25, 0.3) is 0 Å². The lowest BCUT2D eigenvalue weighted by molar-refractivity contribution is 0.314. The molecule has 0 amide bonds. The van der Waals surface area contributed by atoms with Crippen molar-refractivity contribution in [1.82, 2.24) is 9.78 Å². The molecule has 6 heteroatoms. The molecule has 0 aliphatic heterocycles. The summed E-state index contributed by atoms with van der Waals surface area (Å²) in [6.07, 6.45) is 2.15. The van der Waals surface area contributed by atoms with E-state index in [2.05, 4.69) is 5.10 Å². The fourth-order valence-corrected chi connectivity index (χ4v) is 1.32. The summed E-state index contributed by atoms with van der Waals surface area (Å²) >= 11 is 11.3. The monoisotopic (exact) mass is 250 g/mol. The van der Waals surface area contributed by atoms with Gasteiger partial charge in [-0.1, -0.05) is 11.6 Å². The molecule has 0 aliphatic rings. The van der Waals surface area contributed by atoms with Crippen LogP contribution in [0.15, 0.2) is 11.0 Å². The summed E-state index contributed by atoms with van der Waals surface area (Å²) in [4.78, 5) is 11.5. The first kappa shape index (κ1) is 12.3. The van der Waals surface area contributed by atoms with Crippen LogP contribution < -0.4 is 10.3 Å².